The third kappa shape index (κ3) is 3.11. The summed E-state index contributed by atoms with van der Waals surface area (Å²) in [5, 5.41) is 19.4. The van der Waals surface area contributed by atoms with E-state index >= 15 is 0 Å². The van der Waals surface area contributed by atoms with Crippen LogP contribution in [0.5, 0.6) is 0 Å². The summed E-state index contributed by atoms with van der Waals surface area (Å²) in [7, 11) is 0. The Hall–Kier alpha value is -0.0800. The predicted octanol–water partition coefficient (Wildman–Crippen LogP) is 1.90. The Morgan fingerprint density at radius 2 is 1.92 bits per heavy atom. The lowest BCUT2D eigenvalue weighted by Crippen LogP contribution is -2.42. The fourth-order valence-electron chi connectivity index (χ4n) is 1.01. The van der Waals surface area contributed by atoms with Crippen molar-refractivity contribution in [3.8, 4) is 0 Å². The van der Waals surface area contributed by atoms with Crippen LogP contribution in [0.15, 0.2) is 0 Å². The highest BCUT2D eigenvalue weighted by molar-refractivity contribution is 5.03. The van der Waals surface area contributed by atoms with E-state index in [0.29, 0.717) is 6.42 Å². The number of aliphatic hydroxyl groups excluding tert-OH is 1. The number of hydrogen-bond donors (Lipinski definition) is 2. The van der Waals surface area contributed by atoms with Crippen LogP contribution < -0.4 is 0 Å². The van der Waals surface area contributed by atoms with Crippen molar-refractivity contribution >= 4 is 0 Å². The van der Waals surface area contributed by atoms with Gasteiger partial charge in [-0.1, -0.05) is 33.6 Å². The first-order valence-corrected chi connectivity index (χ1v) is 4.64. The molecule has 1 radical (unpaired) electrons. The molecule has 0 fully saturated rings. The van der Waals surface area contributed by atoms with Crippen LogP contribution in [0.4, 0.5) is 0 Å². The zero-order valence-electron chi connectivity index (χ0n) is 8.59. The van der Waals surface area contributed by atoms with Gasteiger partial charge in [0.2, 0.25) is 0 Å². The molecule has 0 aliphatic carbocycles. The lowest BCUT2D eigenvalue weighted by atomic mass is 9.85. The molecule has 2 heteroatoms. The Kier molecular flexibility index (Phi) is 4.80. The Bertz CT molecular complexity index is 119. The molecule has 0 rings (SSSR count). The molecule has 73 valence electrons. The third-order valence-corrected chi connectivity index (χ3v) is 2.49. The summed E-state index contributed by atoms with van der Waals surface area (Å²) in [6, 6.07) is 0. The van der Waals surface area contributed by atoms with Gasteiger partial charge in [0.05, 0.1) is 11.7 Å². The number of unbranched alkanes of at least 4 members (excludes halogenated alkanes) is 1. The van der Waals surface area contributed by atoms with Crippen LogP contribution in [-0.4, -0.2) is 21.9 Å². The van der Waals surface area contributed by atoms with E-state index in [1.165, 1.54) is 0 Å². The van der Waals surface area contributed by atoms with Crippen molar-refractivity contribution in [2.45, 2.75) is 58.7 Å². The van der Waals surface area contributed by atoms with Crippen molar-refractivity contribution in [2.24, 2.45) is 0 Å². The quantitative estimate of drug-likeness (QED) is 0.666. The van der Waals surface area contributed by atoms with Gasteiger partial charge in [-0.3, -0.25) is 0 Å². The van der Waals surface area contributed by atoms with Crippen LogP contribution in [0.25, 0.3) is 0 Å². The summed E-state index contributed by atoms with van der Waals surface area (Å²) in [5.41, 5.74) is -1.02. The van der Waals surface area contributed by atoms with Gasteiger partial charge in [0.15, 0.2) is 0 Å². The van der Waals surface area contributed by atoms with E-state index in [2.05, 4.69) is 6.92 Å². The maximum atomic E-state index is 9.80. The number of aliphatic hydroxyl groups is 2. The first-order valence-electron chi connectivity index (χ1n) is 4.64. The summed E-state index contributed by atoms with van der Waals surface area (Å²) in [6.07, 6.45) is 2.07. The first kappa shape index (κ1) is 11.9. The van der Waals surface area contributed by atoms with Gasteiger partial charge in [0.1, 0.15) is 0 Å². The fraction of sp³-hybridized carbons (Fsp3) is 0.900. The molecule has 0 aliphatic rings. The van der Waals surface area contributed by atoms with E-state index in [0.717, 1.165) is 18.8 Å². The molecule has 2 unspecified atom stereocenters. The van der Waals surface area contributed by atoms with E-state index in [4.69, 9.17) is 0 Å². The average Bonchev–Trinajstić information content (AvgIpc) is 1.99. The molecule has 0 bridgehead atoms. The molecular formula is C10H21O2. The van der Waals surface area contributed by atoms with Crippen molar-refractivity contribution in [1.82, 2.24) is 0 Å². The number of hydrogen-bond acceptors (Lipinski definition) is 2. The molecular weight excluding hydrogens is 152 g/mol. The topological polar surface area (TPSA) is 40.5 Å². The molecule has 0 amide bonds. The molecule has 0 heterocycles. The van der Waals surface area contributed by atoms with Gasteiger partial charge >= 0.3 is 0 Å². The van der Waals surface area contributed by atoms with Gasteiger partial charge in [-0.15, -0.1) is 0 Å². The molecule has 0 saturated heterocycles. The zero-order chi connectivity index (χ0) is 9.78. The summed E-state index contributed by atoms with van der Waals surface area (Å²) < 4.78 is 0. The monoisotopic (exact) mass is 173 g/mol. The second kappa shape index (κ2) is 4.83. The van der Waals surface area contributed by atoms with Crippen LogP contribution >= 0.6 is 0 Å². The van der Waals surface area contributed by atoms with Crippen LogP contribution in [-0.2, 0) is 0 Å². The van der Waals surface area contributed by atoms with Crippen LogP contribution in [0.3, 0.4) is 0 Å². The molecule has 12 heavy (non-hydrogen) atoms. The minimum absolute atomic E-state index is 0.623. The lowest BCUT2D eigenvalue weighted by molar-refractivity contribution is -0.0534. The minimum Gasteiger partial charge on any atom is -0.390 e. The van der Waals surface area contributed by atoms with Gasteiger partial charge in [-0.2, -0.15) is 0 Å². The van der Waals surface area contributed by atoms with Gasteiger partial charge in [0, 0.05) is 5.92 Å². The normalized spacial score (nSPS) is 19.2. The molecule has 0 aromatic carbocycles. The standard InChI is InChI=1S/C10H21O2/c1-5-6-7-9(11)10(4,12)8(2)3/h9,11-12H,5-7H2,1-4H3. The summed E-state index contributed by atoms with van der Waals surface area (Å²) in [5.74, 6) is 0.867. The first-order chi connectivity index (χ1) is 5.42. The highest BCUT2D eigenvalue weighted by Crippen LogP contribution is 2.25. The Morgan fingerprint density at radius 1 is 1.42 bits per heavy atom. The third-order valence-electron chi connectivity index (χ3n) is 2.49. The second-order valence-electron chi connectivity index (χ2n) is 3.81. The molecule has 2 atom stereocenters. The SMILES string of the molecule is CCCCC(O)C(C)(O)[C](C)C. The van der Waals surface area contributed by atoms with E-state index < -0.39 is 11.7 Å². The molecule has 0 aromatic rings. The fourth-order valence-corrected chi connectivity index (χ4v) is 1.01. The summed E-state index contributed by atoms with van der Waals surface area (Å²) >= 11 is 0. The average molecular weight is 173 g/mol. The van der Waals surface area contributed by atoms with Crippen LogP contribution in [0.1, 0.15) is 47.0 Å². The maximum Gasteiger partial charge on any atom is 0.0934 e. The smallest absolute Gasteiger partial charge is 0.0934 e. The molecule has 0 spiro atoms. The van der Waals surface area contributed by atoms with Crippen molar-refractivity contribution in [2.75, 3.05) is 0 Å². The van der Waals surface area contributed by atoms with Gasteiger partial charge in [-0.25, -0.2) is 0 Å². The second-order valence-corrected chi connectivity index (χ2v) is 3.81. The molecule has 0 saturated carbocycles. The lowest BCUT2D eigenvalue weighted by Gasteiger charge is -2.32. The van der Waals surface area contributed by atoms with Crippen molar-refractivity contribution < 1.29 is 10.2 Å². The van der Waals surface area contributed by atoms with Crippen molar-refractivity contribution in [3.63, 3.8) is 0 Å². The minimum atomic E-state index is -1.02. The Balaban J connectivity index is 3.97. The highest BCUT2D eigenvalue weighted by Gasteiger charge is 2.33. The van der Waals surface area contributed by atoms with E-state index in [9.17, 15) is 10.2 Å². The molecule has 2 nitrogen and oxygen atoms in total. The largest absolute Gasteiger partial charge is 0.390 e. The molecule has 2 N–H and O–H groups in total. The Morgan fingerprint density at radius 3 is 2.25 bits per heavy atom. The number of rotatable bonds is 5. The van der Waals surface area contributed by atoms with Gasteiger partial charge in [-0.05, 0) is 13.3 Å². The van der Waals surface area contributed by atoms with Crippen molar-refractivity contribution in [3.05, 3.63) is 5.92 Å². The van der Waals surface area contributed by atoms with Crippen LogP contribution in [0, 0.1) is 5.92 Å². The highest BCUT2D eigenvalue weighted by atomic mass is 16.3. The summed E-state index contributed by atoms with van der Waals surface area (Å²) in [6.45, 7) is 7.43. The van der Waals surface area contributed by atoms with Gasteiger partial charge < -0.3 is 10.2 Å². The Labute approximate surface area is 75.6 Å². The molecule has 0 aromatic heterocycles. The van der Waals surface area contributed by atoms with Crippen LogP contribution in [0.2, 0.25) is 0 Å². The van der Waals surface area contributed by atoms with E-state index in [1.54, 1.807) is 6.92 Å². The van der Waals surface area contributed by atoms with E-state index in [1.807, 2.05) is 13.8 Å². The molecule has 0 aliphatic heterocycles. The van der Waals surface area contributed by atoms with Crippen molar-refractivity contribution in [1.29, 1.82) is 0 Å². The van der Waals surface area contributed by atoms with Gasteiger partial charge in [0.25, 0.3) is 0 Å². The van der Waals surface area contributed by atoms with E-state index in [-0.39, 0.29) is 0 Å². The zero-order valence-corrected chi connectivity index (χ0v) is 8.59. The predicted molar refractivity (Wildman–Crippen MR) is 50.7 cm³/mol. The summed E-state index contributed by atoms with van der Waals surface area (Å²) in [4.78, 5) is 0. The maximum absolute atomic E-state index is 9.80.